The van der Waals surface area contributed by atoms with Crippen molar-refractivity contribution in [2.24, 2.45) is 0 Å². The van der Waals surface area contributed by atoms with E-state index in [1.807, 2.05) is 5.38 Å². The highest BCUT2D eigenvalue weighted by atomic mass is 32.1. The first kappa shape index (κ1) is 9.76. The third kappa shape index (κ3) is 2.37. The van der Waals surface area contributed by atoms with Crippen LogP contribution in [0.3, 0.4) is 0 Å². The quantitative estimate of drug-likeness (QED) is 0.868. The molecule has 0 radical (unpaired) electrons. The first-order valence-electron chi connectivity index (χ1n) is 4.39. The summed E-state index contributed by atoms with van der Waals surface area (Å²) in [5.41, 5.74) is 1.01. The van der Waals surface area contributed by atoms with E-state index >= 15 is 0 Å². The molecule has 0 saturated carbocycles. The molecule has 2 aromatic heterocycles. The number of hydrogen-bond donors (Lipinski definition) is 1. The monoisotopic (exact) mass is 225 g/mol. The summed E-state index contributed by atoms with van der Waals surface area (Å²) in [5, 5.41) is 11.4. The normalized spacial score (nSPS) is 12.9. The molecule has 14 heavy (non-hydrogen) atoms. The average Bonchev–Trinajstić information content (AvgIpc) is 2.87. The van der Waals surface area contributed by atoms with Crippen LogP contribution in [0.5, 0.6) is 0 Å². The van der Waals surface area contributed by atoms with Gasteiger partial charge in [0, 0.05) is 22.8 Å². The number of aromatic nitrogens is 2. The first-order chi connectivity index (χ1) is 6.86. The number of thiophene rings is 1. The third-order valence-corrected chi connectivity index (χ3v) is 3.57. The van der Waals surface area contributed by atoms with E-state index in [4.69, 9.17) is 0 Å². The Bertz CT molecular complexity index is 355. The maximum absolute atomic E-state index is 3.98. The largest absolute Gasteiger partial charge is 0.304 e. The molecule has 2 rings (SSSR count). The highest BCUT2D eigenvalue weighted by Crippen LogP contribution is 2.18. The molecular formula is C9H11N3S2. The molecule has 74 valence electrons. The lowest BCUT2D eigenvalue weighted by atomic mass is 10.3. The molecule has 0 fully saturated rings. The standard InChI is InChI=1S/C9H11N3S2/c1-7(9-3-2-4-13-9)10-5-8-6-14-12-11-8/h2-4,6-7,10H,5H2,1H3/t7-/m0/s1. The van der Waals surface area contributed by atoms with Crippen LogP contribution in [0.1, 0.15) is 23.5 Å². The fourth-order valence-electron chi connectivity index (χ4n) is 1.16. The summed E-state index contributed by atoms with van der Waals surface area (Å²) in [5.74, 6) is 0. The summed E-state index contributed by atoms with van der Waals surface area (Å²) in [6.07, 6.45) is 0. The Hall–Kier alpha value is -0.780. The molecule has 2 heterocycles. The Balaban J connectivity index is 1.87. The highest BCUT2D eigenvalue weighted by molar-refractivity contribution is 7.10. The topological polar surface area (TPSA) is 37.8 Å². The summed E-state index contributed by atoms with van der Waals surface area (Å²) in [6.45, 7) is 2.95. The van der Waals surface area contributed by atoms with Gasteiger partial charge in [0.2, 0.25) is 0 Å². The summed E-state index contributed by atoms with van der Waals surface area (Å²) in [7, 11) is 0. The van der Waals surface area contributed by atoms with Crippen LogP contribution in [0, 0.1) is 0 Å². The van der Waals surface area contributed by atoms with Crippen LogP contribution in [-0.4, -0.2) is 9.59 Å². The number of hydrogen-bond acceptors (Lipinski definition) is 5. The van der Waals surface area contributed by atoms with Crippen LogP contribution in [0.15, 0.2) is 22.9 Å². The molecule has 0 unspecified atom stereocenters. The molecule has 0 amide bonds. The molecule has 0 aliphatic rings. The minimum Gasteiger partial charge on any atom is -0.304 e. The Labute approximate surface area is 91.0 Å². The van der Waals surface area contributed by atoms with Crippen LogP contribution in [0.25, 0.3) is 0 Å². The molecule has 1 N–H and O–H groups in total. The van der Waals surface area contributed by atoms with E-state index in [9.17, 15) is 0 Å². The number of nitrogens with zero attached hydrogens (tertiary/aromatic N) is 2. The molecule has 0 aliphatic heterocycles. The fraction of sp³-hybridized carbons (Fsp3) is 0.333. The molecule has 0 aromatic carbocycles. The van der Waals surface area contributed by atoms with E-state index in [0.29, 0.717) is 6.04 Å². The SMILES string of the molecule is C[C@H](NCc1csnn1)c1cccs1. The average molecular weight is 225 g/mol. The van der Waals surface area contributed by atoms with Gasteiger partial charge in [-0.2, -0.15) is 0 Å². The molecule has 3 nitrogen and oxygen atoms in total. The second-order valence-electron chi connectivity index (χ2n) is 3.01. The van der Waals surface area contributed by atoms with Gasteiger partial charge in [-0.15, -0.1) is 16.4 Å². The van der Waals surface area contributed by atoms with Crippen LogP contribution in [0.4, 0.5) is 0 Å². The lowest BCUT2D eigenvalue weighted by molar-refractivity contribution is 0.575. The Kier molecular flexibility index (Phi) is 3.23. The van der Waals surface area contributed by atoms with Gasteiger partial charge >= 0.3 is 0 Å². The Morgan fingerprint density at radius 3 is 3.14 bits per heavy atom. The zero-order valence-electron chi connectivity index (χ0n) is 7.80. The van der Waals surface area contributed by atoms with E-state index in [1.54, 1.807) is 11.3 Å². The van der Waals surface area contributed by atoms with Gasteiger partial charge in [0.1, 0.15) is 0 Å². The van der Waals surface area contributed by atoms with Gasteiger partial charge in [0.05, 0.1) is 5.69 Å². The molecule has 5 heteroatoms. The fourth-order valence-corrected chi connectivity index (χ4v) is 2.37. The maximum Gasteiger partial charge on any atom is 0.0893 e. The second kappa shape index (κ2) is 4.63. The van der Waals surface area contributed by atoms with Crippen molar-refractivity contribution in [3.63, 3.8) is 0 Å². The summed E-state index contributed by atoms with van der Waals surface area (Å²) < 4.78 is 3.82. The van der Waals surface area contributed by atoms with E-state index < -0.39 is 0 Å². The van der Waals surface area contributed by atoms with Gasteiger partial charge in [0.15, 0.2) is 0 Å². The van der Waals surface area contributed by atoms with Gasteiger partial charge in [-0.1, -0.05) is 10.6 Å². The van der Waals surface area contributed by atoms with Crippen molar-refractivity contribution in [1.29, 1.82) is 0 Å². The minimum atomic E-state index is 0.386. The van der Waals surface area contributed by atoms with Crippen molar-refractivity contribution >= 4 is 22.9 Å². The predicted molar refractivity (Wildman–Crippen MR) is 59.5 cm³/mol. The molecule has 2 aromatic rings. The van der Waals surface area contributed by atoms with Crippen molar-refractivity contribution in [2.45, 2.75) is 19.5 Å². The summed E-state index contributed by atoms with van der Waals surface area (Å²) in [6, 6.07) is 4.60. The molecule has 1 atom stereocenters. The summed E-state index contributed by atoms with van der Waals surface area (Å²) in [4.78, 5) is 1.35. The Morgan fingerprint density at radius 1 is 1.57 bits per heavy atom. The predicted octanol–water partition coefficient (Wildman–Crippen LogP) is 2.45. The van der Waals surface area contributed by atoms with Gasteiger partial charge in [-0.3, -0.25) is 0 Å². The van der Waals surface area contributed by atoms with E-state index in [0.717, 1.165) is 12.2 Å². The van der Waals surface area contributed by atoms with Crippen LogP contribution < -0.4 is 5.32 Å². The van der Waals surface area contributed by atoms with E-state index in [-0.39, 0.29) is 0 Å². The van der Waals surface area contributed by atoms with Crippen molar-refractivity contribution in [2.75, 3.05) is 0 Å². The van der Waals surface area contributed by atoms with Gasteiger partial charge in [-0.05, 0) is 29.9 Å². The smallest absolute Gasteiger partial charge is 0.0893 e. The first-order valence-corrected chi connectivity index (χ1v) is 6.10. The van der Waals surface area contributed by atoms with Crippen LogP contribution >= 0.6 is 22.9 Å². The zero-order valence-corrected chi connectivity index (χ0v) is 9.44. The Morgan fingerprint density at radius 2 is 2.50 bits per heavy atom. The highest BCUT2D eigenvalue weighted by Gasteiger charge is 2.05. The van der Waals surface area contributed by atoms with Gasteiger partial charge in [-0.25, -0.2) is 0 Å². The molecule has 0 saturated heterocycles. The zero-order chi connectivity index (χ0) is 9.80. The van der Waals surface area contributed by atoms with Crippen molar-refractivity contribution in [3.05, 3.63) is 33.5 Å². The van der Waals surface area contributed by atoms with Crippen molar-refractivity contribution < 1.29 is 0 Å². The van der Waals surface area contributed by atoms with E-state index in [2.05, 4.69) is 39.3 Å². The lowest BCUT2D eigenvalue weighted by Crippen LogP contribution is -2.17. The molecular weight excluding hydrogens is 214 g/mol. The lowest BCUT2D eigenvalue weighted by Gasteiger charge is -2.09. The second-order valence-corrected chi connectivity index (χ2v) is 4.60. The minimum absolute atomic E-state index is 0.386. The van der Waals surface area contributed by atoms with Gasteiger partial charge in [0.25, 0.3) is 0 Å². The van der Waals surface area contributed by atoms with Crippen molar-refractivity contribution in [3.8, 4) is 0 Å². The molecule has 0 spiro atoms. The molecule has 0 bridgehead atoms. The van der Waals surface area contributed by atoms with Crippen LogP contribution in [-0.2, 0) is 6.54 Å². The van der Waals surface area contributed by atoms with Crippen LogP contribution in [0.2, 0.25) is 0 Å². The maximum atomic E-state index is 3.98. The van der Waals surface area contributed by atoms with Gasteiger partial charge < -0.3 is 5.32 Å². The third-order valence-electron chi connectivity index (χ3n) is 1.96. The van der Waals surface area contributed by atoms with Crippen molar-refractivity contribution in [1.82, 2.24) is 14.9 Å². The molecule has 0 aliphatic carbocycles. The summed E-state index contributed by atoms with van der Waals surface area (Å²) >= 11 is 3.16. The van der Waals surface area contributed by atoms with E-state index in [1.165, 1.54) is 16.4 Å². The number of rotatable bonds is 4. The number of nitrogens with one attached hydrogen (secondary N) is 1.